The maximum absolute atomic E-state index is 3.86. The first-order chi connectivity index (χ1) is 4.84. The second-order valence-electron chi connectivity index (χ2n) is 2.60. The molecule has 1 aromatic rings. The molecule has 1 aromatic carbocycles. The molecule has 0 fully saturated rings. The van der Waals surface area contributed by atoms with Crippen molar-refractivity contribution in [1.82, 2.24) is 0 Å². The summed E-state index contributed by atoms with van der Waals surface area (Å²) in [5.41, 5.74) is 1.39. The van der Waals surface area contributed by atoms with Gasteiger partial charge >= 0.3 is 23.1 Å². The molecule has 0 aliphatic carbocycles. The third-order valence-electron chi connectivity index (χ3n) is 1.80. The Kier molecular flexibility index (Phi) is 9.73. The predicted molar refractivity (Wildman–Crippen MR) is 50.6 cm³/mol. The molecule has 0 saturated carbocycles. The number of halogens is 1. The van der Waals surface area contributed by atoms with E-state index in [1.54, 1.807) is 0 Å². The van der Waals surface area contributed by atoms with Crippen LogP contribution in [0.3, 0.4) is 0 Å². The predicted octanol–water partition coefficient (Wildman–Crippen LogP) is -0.363. The molecule has 1 atom stereocenters. The quantitative estimate of drug-likeness (QED) is 0.444. The second-order valence-corrected chi connectivity index (χ2v) is 2.60. The number of rotatable bonds is 2. The number of hydrogen-bond donors (Lipinski definition) is 0. The minimum Gasteiger partial charge on any atom is -1.00 e. The van der Waals surface area contributed by atoms with E-state index in [2.05, 4.69) is 38.1 Å². The van der Waals surface area contributed by atoms with Crippen molar-refractivity contribution in [2.75, 3.05) is 0 Å². The maximum Gasteiger partial charge on any atom is 2.00 e. The van der Waals surface area contributed by atoms with E-state index in [9.17, 15) is 0 Å². The summed E-state index contributed by atoms with van der Waals surface area (Å²) in [7, 11) is 0. The van der Waals surface area contributed by atoms with Crippen LogP contribution in [0.5, 0.6) is 0 Å². The van der Waals surface area contributed by atoms with E-state index >= 15 is 0 Å². The average Bonchev–Trinajstić information content (AvgIpc) is 2.05. The zero-order valence-electron chi connectivity index (χ0n) is 7.46. The van der Waals surface area contributed by atoms with Gasteiger partial charge in [0.05, 0.1) is 0 Å². The normalized spacial score (nSPS) is 10.8. The van der Waals surface area contributed by atoms with Crippen LogP contribution in [0.25, 0.3) is 0 Å². The van der Waals surface area contributed by atoms with Gasteiger partial charge in [-0.3, -0.25) is 0 Å². The van der Waals surface area contributed by atoms with Crippen molar-refractivity contribution in [2.24, 2.45) is 0 Å². The van der Waals surface area contributed by atoms with E-state index in [0.717, 1.165) is 6.42 Å². The molecule has 62 valence electrons. The molecule has 0 N–H and O–H groups in total. The molecule has 0 heterocycles. The van der Waals surface area contributed by atoms with E-state index in [0.29, 0.717) is 5.92 Å². The van der Waals surface area contributed by atoms with Crippen molar-refractivity contribution < 1.29 is 12.4 Å². The van der Waals surface area contributed by atoms with Gasteiger partial charge in [0.25, 0.3) is 0 Å². The maximum atomic E-state index is 3.86. The van der Waals surface area contributed by atoms with Crippen LogP contribution in [0, 0.1) is 6.92 Å². The molecule has 0 nitrogen and oxygen atoms in total. The van der Waals surface area contributed by atoms with Crippen molar-refractivity contribution in [2.45, 2.75) is 19.3 Å². The molecule has 1 unspecified atom stereocenters. The van der Waals surface area contributed by atoms with Crippen molar-refractivity contribution >= 4 is 23.1 Å². The first-order valence-electron chi connectivity index (χ1n) is 3.68. The molecule has 0 spiro atoms. The number of hydrogen-bond acceptors (Lipinski definition) is 0. The summed E-state index contributed by atoms with van der Waals surface area (Å²) in [5, 5.41) is 0. The summed E-state index contributed by atoms with van der Waals surface area (Å²) in [5.74, 6) is 0.598. The minimum absolute atomic E-state index is 0. The largest absolute Gasteiger partial charge is 2.00 e. The van der Waals surface area contributed by atoms with Crippen LogP contribution in [-0.4, -0.2) is 23.1 Å². The molecule has 0 aliphatic rings. The number of benzene rings is 1. The Bertz CT molecular complexity index is 186. The summed E-state index contributed by atoms with van der Waals surface area (Å²) in [6.07, 6.45) is 0.976. The van der Waals surface area contributed by atoms with Crippen LogP contribution in [0.2, 0.25) is 0 Å². The van der Waals surface area contributed by atoms with Gasteiger partial charge < -0.3 is 19.3 Å². The summed E-state index contributed by atoms with van der Waals surface area (Å²) >= 11 is 0. The average molecular weight is 193 g/mol. The van der Waals surface area contributed by atoms with E-state index in [4.69, 9.17) is 0 Å². The van der Waals surface area contributed by atoms with Crippen LogP contribution >= 0.6 is 0 Å². The summed E-state index contributed by atoms with van der Waals surface area (Å²) in [4.78, 5) is 0. The van der Waals surface area contributed by atoms with Gasteiger partial charge in [0, 0.05) is 0 Å². The minimum atomic E-state index is 0. The van der Waals surface area contributed by atoms with Gasteiger partial charge in [0.2, 0.25) is 0 Å². The monoisotopic (exact) mass is 192 g/mol. The van der Waals surface area contributed by atoms with Crippen LogP contribution in [0.4, 0.5) is 0 Å². The fourth-order valence-corrected chi connectivity index (χ4v) is 0.948. The first-order valence-corrected chi connectivity index (χ1v) is 3.68. The molecule has 0 amide bonds. The smallest absolute Gasteiger partial charge is 1.00 e. The van der Waals surface area contributed by atoms with Crippen molar-refractivity contribution in [3.63, 3.8) is 0 Å². The Labute approximate surface area is 97.3 Å². The van der Waals surface area contributed by atoms with E-state index in [1.807, 2.05) is 6.07 Å². The fraction of sp³-hybridized carbons (Fsp3) is 0.300. The van der Waals surface area contributed by atoms with Crippen LogP contribution in [0.15, 0.2) is 30.3 Å². The van der Waals surface area contributed by atoms with Gasteiger partial charge in [-0.2, -0.15) is 6.42 Å². The first kappa shape index (κ1) is 14.8. The third-order valence-corrected chi connectivity index (χ3v) is 1.80. The van der Waals surface area contributed by atoms with Gasteiger partial charge in [0.1, 0.15) is 0 Å². The Morgan fingerprint density at radius 2 is 1.75 bits per heavy atom. The summed E-state index contributed by atoms with van der Waals surface area (Å²) < 4.78 is 0. The second kappa shape index (κ2) is 7.90. The third kappa shape index (κ3) is 4.34. The molecule has 0 radical (unpaired) electrons. The topological polar surface area (TPSA) is 0 Å². The molecule has 0 aromatic heterocycles. The van der Waals surface area contributed by atoms with Crippen molar-refractivity contribution in [3.8, 4) is 0 Å². The van der Waals surface area contributed by atoms with Crippen LogP contribution in [-0.2, 0) is 0 Å². The Morgan fingerprint density at radius 3 is 2.17 bits per heavy atom. The standard InChI is InChI=1S/C10H13.ClH.Mg/c1-3-9(2)10-7-5-4-6-8-10;;/h4-9H,1,3H2,2H3;1H;/q-1;;+2/p-1. The van der Waals surface area contributed by atoms with Gasteiger partial charge in [-0.15, -0.1) is 0 Å². The van der Waals surface area contributed by atoms with Crippen LogP contribution in [0.1, 0.15) is 24.8 Å². The summed E-state index contributed by atoms with van der Waals surface area (Å²) in [6, 6.07) is 10.5. The Morgan fingerprint density at radius 1 is 1.25 bits per heavy atom. The summed E-state index contributed by atoms with van der Waals surface area (Å²) in [6.45, 7) is 6.06. The van der Waals surface area contributed by atoms with Gasteiger partial charge in [-0.05, 0) is 11.5 Å². The van der Waals surface area contributed by atoms with Gasteiger partial charge in [-0.25, -0.2) is 0 Å². The van der Waals surface area contributed by atoms with E-state index in [1.165, 1.54) is 5.56 Å². The fourth-order valence-electron chi connectivity index (χ4n) is 0.948. The Hall–Kier alpha value is 0.276. The molecule has 0 saturated heterocycles. The van der Waals surface area contributed by atoms with Crippen LogP contribution < -0.4 is 12.4 Å². The molecule has 12 heavy (non-hydrogen) atoms. The van der Waals surface area contributed by atoms with Crippen molar-refractivity contribution in [1.29, 1.82) is 0 Å². The molecular formula is C10H13ClMg. The molecule has 1 rings (SSSR count). The molecule has 0 bridgehead atoms. The molecule has 0 aliphatic heterocycles. The van der Waals surface area contributed by atoms with Gasteiger partial charge in [-0.1, -0.05) is 37.3 Å². The van der Waals surface area contributed by atoms with E-state index < -0.39 is 0 Å². The zero-order chi connectivity index (χ0) is 7.40. The molecular weight excluding hydrogens is 180 g/mol. The zero-order valence-corrected chi connectivity index (χ0v) is 9.63. The van der Waals surface area contributed by atoms with E-state index in [-0.39, 0.29) is 35.5 Å². The Balaban J connectivity index is 0. The van der Waals surface area contributed by atoms with Crippen molar-refractivity contribution in [3.05, 3.63) is 42.8 Å². The molecule has 2 heteroatoms. The SMILES string of the molecule is [CH2-]CC(C)c1ccccc1.[Cl-].[Mg+2]. The van der Waals surface area contributed by atoms with Gasteiger partial charge in [0.15, 0.2) is 0 Å².